The molecule has 0 aromatic heterocycles. The highest BCUT2D eigenvalue weighted by Crippen LogP contribution is 2.20. The van der Waals surface area contributed by atoms with Crippen molar-refractivity contribution in [3.8, 4) is 0 Å². The van der Waals surface area contributed by atoms with Gasteiger partial charge in [0.25, 0.3) is 0 Å². The molecule has 0 aliphatic heterocycles. The number of anilines is 1. The minimum atomic E-state index is -0.569. The predicted molar refractivity (Wildman–Crippen MR) is 65.3 cm³/mol. The van der Waals surface area contributed by atoms with E-state index in [-0.39, 0.29) is 43.4 Å². The molecule has 7 heteroatoms. The van der Waals surface area contributed by atoms with E-state index in [1.807, 2.05) is 0 Å². The Labute approximate surface area is 104 Å². The van der Waals surface area contributed by atoms with Gasteiger partial charge in [-0.3, -0.25) is 0 Å². The van der Waals surface area contributed by atoms with Crippen molar-refractivity contribution in [3.63, 3.8) is 0 Å². The highest BCUT2D eigenvalue weighted by Gasteiger charge is 2.12. The summed E-state index contributed by atoms with van der Waals surface area (Å²) in [6.07, 6.45) is 0. The highest BCUT2D eigenvalue weighted by atomic mass is 19.1. The van der Waals surface area contributed by atoms with Gasteiger partial charge in [0, 0.05) is 18.7 Å². The maximum atomic E-state index is 13.8. The summed E-state index contributed by atoms with van der Waals surface area (Å²) in [7, 11) is 0. The van der Waals surface area contributed by atoms with Crippen molar-refractivity contribution in [1.82, 2.24) is 0 Å². The van der Waals surface area contributed by atoms with Crippen LogP contribution in [0.3, 0.4) is 0 Å². The second-order valence-electron chi connectivity index (χ2n) is 3.59. The average Bonchev–Trinajstić information content (AvgIpc) is 2.37. The number of nitrogens with two attached hydrogens (primary N) is 1. The predicted octanol–water partition coefficient (Wildman–Crippen LogP) is -0.289. The van der Waals surface area contributed by atoms with Crippen LogP contribution in [0, 0.1) is 5.82 Å². The topological polar surface area (TPSA) is 102 Å². The minimum Gasteiger partial charge on any atom is -0.409 e. The van der Waals surface area contributed by atoms with Gasteiger partial charge in [-0.05, 0) is 18.2 Å². The molecule has 0 saturated carbocycles. The molecule has 1 aromatic rings. The summed E-state index contributed by atoms with van der Waals surface area (Å²) in [4.78, 5) is 1.51. The molecule has 0 spiro atoms. The third kappa shape index (κ3) is 3.31. The van der Waals surface area contributed by atoms with Gasteiger partial charge >= 0.3 is 0 Å². The fourth-order valence-electron chi connectivity index (χ4n) is 1.57. The van der Waals surface area contributed by atoms with Gasteiger partial charge in [-0.25, -0.2) is 4.39 Å². The molecule has 0 aliphatic carbocycles. The SMILES string of the molecule is N/C(=N/O)c1ccc(N(CCO)CCO)c(F)c1. The number of aliphatic hydroxyl groups is 2. The number of hydrogen-bond acceptors (Lipinski definition) is 5. The van der Waals surface area contributed by atoms with E-state index in [0.717, 1.165) is 6.07 Å². The zero-order valence-corrected chi connectivity index (χ0v) is 9.75. The third-order valence-electron chi connectivity index (χ3n) is 2.43. The Morgan fingerprint density at radius 2 is 1.89 bits per heavy atom. The van der Waals surface area contributed by atoms with E-state index in [9.17, 15) is 4.39 Å². The van der Waals surface area contributed by atoms with Crippen LogP contribution < -0.4 is 10.6 Å². The lowest BCUT2D eigenvalue weighted by atomic mass is 10.1. The lowest BCUT2D eigenvalue weighted by Crippen LogP contribution is -2.30. The van der Waals surface area contributed by atoms with E-state index >= 15 is 0 Å². The van der Waals surface area contributed by atoms with Gasteiger partial charge in [-0.2, -0.15) is 0 Å². The van der Waals surface area contributed by atoms with Crippen LogP contribution in [-0.4, -0.2) is 47.6 Å². The lowest BCUT2D eigenvalue weighted by Gasteiger charge is -2.23. The van der Waals surface area contributed by atoms with E-state index in [1.54, 1.807) is 0 Å². The largest absolute Gasteiger partial charge is 0.409 e. The number of aliphatic hydroxyl groups excluding tert-OH is 2. The molecule has 0 radical (unpaired) electrons. The molecule has 0 heterocycles. The third-order valence-corrected chi connectivity index (χ3v) is 2.43. The van der Waals surface area contributed by atoms with Crippen LogP contribution in [0.4, 0.5) is 10.1 Å². The van der Waals surface area contributed by atoms with Gasteiger partial charge in [-0.15, -0.1) is 0 Å². The Bertz CT molecular complexity index is 420. The Morgan fingerprint density at radius 1 is 1.28 bits per heavy atom. The average molecular weight is 257 g/mol. The van der Waals surface area contributed by atoms with Crippen LogP contribution in [0.1, 0.15) is 5.56 Å². The van der Waals surface area contributed by atoms with E-state index in [1.165, 1.54) is 17.0 Å². The Balaban J connectivity index is 3.02. The van der Waals surface area contributed by atoms with Crippen molar-refractivity contribution >= 4 is 11.5 Å². The zero-order valence-electron chi connectivity index (χ0n) is 9.75. The highest BCUT2D eigenvalue weighted by molar-refractivity contribution is 5.97. The second kappa shape index (κ2) is 6.77. The lowest BCUT2D eigenvalue weighted by molar-refractivity contribution is 0.280. The number of halogens is 1. The molecule has 18 heavy (non-hydrogen) atoms. The smallest absolute Gasteiger partial charge is 0.170 e. The Morgan fingerprint density at radius 3 is 2.33 bits per heavy atom. The number of amidine groups is 1. The second-order valence-corrected chi connectivity index (χ2v) is 3.59. The molecule has 0 bridgehead atoms. The Hall–Kier alpha value is -1.86. The Kier molecular flexibility index (Phi) is 5.34. The molecular weight excluding hydrogens is 241 g/mol. The first-order valence-corrected chi connectivity index (χ1v) is 5.38. The van der Waals surface area contributed by atoms with Crippen LogP contribution in [0.2, 0.25) is 0 Å². The van der Waals surface area contributed by atoms with Crippen LogP contribution in [-0.2, 0) is 0 Å². The summed E-state index contributed by atoms with van der Waals surface area (Å²) >= 11 is 0. The van der Waals surface area contributed by atoms with Gasteiger partial charge in [0.15, 0.2) is 5.84 Å². The first-order valence-electron chi connectivity index (χ1n) is 5.38. The molecule has 100 valence electrons. The molecular formula is C11H16FN3O3. The van der Waals surface area contributed by atoms with E-state index in [2.05, 4.69) is 5.16 Å². The monoisotopic (exact) mass is 257 g/mol. The number of oxime groups is 1. The number of nitrogens with zero attached hydrogens (tertiary/aromatic N) is 2. The standard InChI is InChI=1S/C11H16FN3O3/c12-9-7-8(11(13)14-18)1-2-10(9)15(3-5-16)4-6-17/h1-2,7,16-18H,3-6H2,(H2,13,14). The molecule has 0 aliphatic rings. The summed E-state index contributed by atoms with van der Waals surface area (Å²) in [5.41, 5.74) is 5.85. The van der Waals surface area contributed by atoms with Gasteiger partial charge in [0.2, 0.25) is 0 Å². The quantitative estimate of drug-likeness (QED) is 0.243. The summed E-state index contributed by atoms with van der Waals surface area (Å²) in [6, 6.07) is 4.08. The van der Waals surface area contributed by atoms with Crippen molar-refractivity contribution in [2.24, 2.45) is 10.9 Å². The summed E-state index contributed by atoms with van der Waals surface area (Å²) < 4.78 is 13.8. The maximum Gasteiger partial charge on any atom is 0.170 e. The van der Waals surface area contributed by atoms with Crippen LogP contribution in [0.5, 0.6) is 0 Å². The molecule has 0 unspecified atom stereocenters. The fraction of sp³-hybridized carbons (Fsp3) is 0.364. The number of hydrogen-bond donors (Lipinski definition) is 4. The van der Waals surface area contributed by atoms with Crippen molar-refractivity contribution in [3.05, 3.63) is 29.6 Å². The van der Waals surface area contributed by atoms with E-state index in [4.69, 9.17) is 21.2 Å². The molecule has 0 amide bonds. The summed E-state index contributed by atoms with van der Waals surface area (Å²) in [5, 5.41) is 29.0. The van der Waals surface area contributed by atoms with Crippen LogP contribution in [0.15, 0.2) is 23.4 Å². The van der Waals surface area contributed by atoms with Gasteiger partial charge in [0.05, 0.1) is 18.9 Å². The van der Waals surface area contributed by atoms with Crippen molar-refractivity contribution in [2.75, 3.05) is 31.2 Å². The molecule has 6 nitrogen and oxygen atoms in total. The van der Waals surface area contributed by atoms with Crippen molar-refractivity contribution in [1.29, 1.82) is 0 Å². The van der Waals surface area contributed by atoms with Gasteiger partial charge in [0.1, 0.15) is 5.82 Å². The van der Waals surface area contributed by atoms with Gasteiger partial charge in [-0.1, -0.05) is 5.16 Å². The normalized spacial score (nSPS) is 11.6. The number of rotatable bonds is 6. The van der Waals surface area contributed by atoms with Crippen LogP contribution in [0.25, 0.3) is 0 Å². The van der Waals surface area contributed by atoms with Crippen LogP contribution >= 0.6 is 0 Å². The summed E-state index contributed by atoms with van der Waals surface area (Å²) in [6.45, 7) is 0.115. The zero-order chi connectivity index (χ0) is 13.5. The van der Waals surface area contributed by atoms with Gasteiger partial charge < -0.3 is 26.1 Å². The van der Waals surface area contributed by atoms with E-state index in [0.29, 0.717) is 0 Å². The fourth-order valence-corrected chi connectivity index (χ4v) is 1.57. The first kappa shape index (κ1) is 14.2. The first-order chi connectivity index (χ1) is 8.63. The molecule has 1 aromatic carbocycles. The van der Waals surface area contributed by atoms with Crippen molar-refractivity contribution < 1.29 is 19.8 Å². The number of benzene rings is 1. The molecule has 1 rings (SSSR count). The molecule has 0 atom stereocenters. The molecule has 5 N–H and O–H groups in total. The summed E-state index contributed by atoms with van der Waals surface area (Å²) in [5.74, 6) is -0.752. The van der Waals surface area contributed by atoms with Crippen molar-refractivity contribution in [2.45, 2.75) is 0 Å². The maximum absolute atomic E-state index is 13.8. The molecule has 0 fully saturated rings. The minimum absolute atomic E-state index is 0.151. The van der Waals surface area contributed by atoms with E-state index < -0.39 is 5.82 Å². The molecule has 0 saturated heterocycles.